The number of carbonyl (C=O) groups is 1. The Morgan fingerprint density at radius 3 is 2.57 bits per heavy atom. The molecule has 0 saturated carbocycles. The van der Waals surface area contributed by atoms with Crippen molar-refractivity contribution in [2.45, 2.75) is 65.1 Å². The molecule has 2 heterocycles. The van der Waals surface area contributed by atoms with Gasteiger partial charge in [0.15, 0.2) is 11.5 Å². The number of piperidine rings is 1. The number of hydrogen-bond acceptors (Lipinski definition) is 6. The summed E-state index contributed by atoms with van der Waals surface area (Å²) >= 11 is 0. The Bertz CT molecular complexity index is 1100. The molecule has 30 heavy (non-hydrogen) atoms. The largest absolute Gasteiger partial charge is 0.493 e. The molecule has 0 radical (unpaired) electrons. The van der Waals surface area contributed by atoms with E-state index < -0.39 is 48.8 Å². The molecule has 1 aromatic carbocycles. The zero-order chi connectivity index (χ0) is 29.2. The molecule has 2 aliphatic heterocycles. The highest BCUT2D eigenvalue weighted by atomic mass is 16.5. The molecule has 6 heteroatoms. The van der Waals surface area contributed by atoms with Crippen LogP contribution in [0.5, 0.6) is 11.5 Å². The molecule has 0 amide bonds. The van der Waals surface area contributed by atoms with Gasteiger partial charge in [-0.3, -0.25) is 9.69 Å². The molecule has 3 unspecified atom stereocenters. The number of methoxy groups -OCH3 is 2. The first-order valence-electron chi connectivity index (χ1n) is 14.3. The zero-order valence-corrected chi connectivity index (χ0v) is 18.6. The first-order chi connectivity index (χ1) is 17.4. The van der Waals surface area contributed by atoms with Crippen molar-refractivity contribution >= 4 is 5.97 Å². The van der Waals surface area contributed by atoms with Gasteiger partial charge in [0.1, 0.15) is 12.1 Å². The maximum absolute atomic E-state index is 13.1. The van der Waals surface area contributed by atoms with E-state index in [-0.39, 0.29) is 60.0 Å². The quantitative estimate of drug-likeness (QED) is 0.672. The topological polar surface area (TPSA) is 74.0 Å². The van der Waals surface area contributed by atoms with Crippen LogP contribution in [-0.4, -0.2) is 50.3 Å². The van der Waals surface area contributed by atoms with E-state index in [4.69, 9.17) is 25.4 Å². The predicted octanol–water partition coefficient (Wildman–Crippen LogP) is 3.56. The van der Waals surface area contributed by atoms with Crippen LogP contribution < -0.4 is 15.2 Å². The van der Waals surface area contributed by atoms with Crippen molar-refractivity contribution in [3.8, 4) is 11.5 Å². The molecule has 6 nitrogen and oxygen atoms in total. The molecule has 1 saturated heterocycles. The lowest BCUT2D eigenvalue weighted by Crippen LogP contribution is -2.51. The fraction of sp³-hybridized carbons (Fsp3) is 0.708. The average molecular weight is 427 g/mol. The molecule has 0 spiro atoms. The van der Waals surface area contributed by atoms with Gasteiger partial charge in [-0.05, 0) is 47.9 Å². The van der Waals surface area contributed by atoms with Gasteiger partial charge < -0.3 is 19.9 Å². The normalized spacial score (nSPS) is 37.0. The van der Waals surface area contributed by atoms with Crippen LogP contribution in [0.1, 0.15) is 68.6 Å². The number of benzene rings is 1. The fourth-order valence-electron chi connectivity index (χ4n) is 3.54. The highest BCUT2D eigenvalue weighted by Crippen LogP contribution is 2.44. The molecule has 3 rings (SSSR count). The van der Waals surface area contributed by atoms with Gasteiger partial charge >= 0.3 is 5.97 Å². The number of esters is 1. The summed E-state index contributed by atoms with van der Waals surface area (Å²) in [6.45, 7) is 3.96. The molecule has 1 fully saturated rings. The highest BCUT2D eigenvalue weighted by Gasteiger charge is 2.41. The van der Waals surface area contributed by atoms with E-state index in [1.807, 2.05) is 0 Å². The second-order valence-corrected chi connectivity index (χ2v) is 8.41. The van der Waals surface area contributed by atoms with E-state index >= 15 is 0 Å². The molecule has 2 N–H and O–H groups in total. The first-order valence-corrected chi connectivity index (χ1v) is 10.3. The first kappa shape index (κ1) is 14.3. The van der Waals surface area contributed by atoms with Crippen LogP contribution in [0.25, 0.3) is 0 Å². The van der Waals surface area contributed by atoms with Crippen molar-refractivity contribution in [3.63, 3.8) is 0 Å². The third-order valence-corrected chi connectivity index (χ3v) is 5.27. The zero-order valence-electron chi connectivity index (χ0n) is 26.6. The molecular weight excluding hydrogens is 380 g/mol. The van der Waals surface area contributed by atoms with Crippen LogP contribution in [-0.2, 0) is 16.0 Å². The molecular formula is C24H38N2O4. The SMILES string of the molecule is [2H]c1c2c(c([2H])c(OC)c1OC)C1N(CC2)C([2H])([2H])C([2H])(CC(C)C)C([2H])(OC(=O)[C@@H](N)C(C)C)C1([2H])[2H]. The van der Waals surface area contributed by atoms with Gasteiger partial charge in [0.2, 0.25) is 0 Å². The van der Waals surface area contributed by atoms with Crippen molar-refractivity contribution in [1.29, 1.82) is 0 Å². The summed E-state index contributed by atoms with van der Waals surface area (Å²) in [5.74, 6) is -4.61. The Labute approximate surface area is 192 Å². The minimum atomic E-state index is -3.07. The summed E-state index contributed by atoms with van der Waals surface area (Å²) in [6.07, 6.45) is -6.21. The van der Waals surface area contributed by atoms with Gasteiger partial charge in [-0.1, -0.05) is 27.7 Å². The summed E-state index contributed by atoms with van der Waals surface area (Å²) in [5, 5.41) is 0. The number of nitrogens with two attached hydrogens (primary N) is 1. The Kier molecular flexibility index (Phi) is 4.56. The Morgan fingerprint density at radius 1 is 1.30 bits per heavy atom. The van der Waals surface area contributed by atoms with Crippen LogP contribution in [0.3, 0.4) is 0 Å². The molecule has 2 aliphatic rings. The third kappa shape index (κ3) is 4.75. The number of carbonyl (C=O) groups excluding carboxylic acids is 1. The fourth-order valence-corrected chi connectivity index (χ4v) is 3.54. The minimum absolute atomic E-state index is 0.00908. The summed E-state index contributed by atoms with van der Waals surface area (Å²) < 4.78 is 89.2. The summed E-state index contributed by atoms with van der Waals surface area (Å²) in [5.41, 5.74) is 6.17. The molecule has 0 aromatic heterocycles. The van der Waals surface area contributed by atoms with E-state index in [9.17, 15) is 10.3 Å². The van der Waals surface area contributed by atoms with E-state index in [1.165, 1.54) is 14.2 Å². The maximum Gasteiger partial charge on any atom is 0.323 e. The van der Waals surface area contributed by atoms with Gasteiger partial charge in [-0.15, -0.1) is 0 Å². The van der Waals surface area contributed by atoms with E-state index in [0.717, 1.165) is 4.90 Å². The smallest absolute Gasteiger partial charge is 0.323 e. The van der Waals surface area contributed by atoms with Gasteiger partial charge in [-0.25, -0.2) is 0 Å². The monoisotopic (exact) mass is 426 g/mol. The Balaban J connectivity index is 2.39. The lowest BCUT2D eigenvalue weighted by molar-refractivity contribution is -0.160. The molecule has 1 aromatic rings. The van der Waals surface area contributed by atoms with Crippen molar-refractivity contribution in [2.75, 3.05) is 27.3 Å². The Hall–Kier alpha value is -1.79. The van der Waals surface area contributed by atoms with Gasteiger partial charge in [0, 0.05) is 38.2 Å². The van der Waals surface area contributed by atoms with Crippen molar-refractivity contribution in [1.82, 2.24) is 4.90 Å². The summed E-state index contributed by atoms with van der Waals surface area (Å²) in [4.78, 5) is 14.2. The molecule has 4 atom stereocenters. The number of hydrogen-bond donors (Lipinski definition) is 1. The molecule has 0 bridgehead atoms. The summed E-state index contributed by atoms with van der Waals surface area (Å²) in [6, 6.07) is -3.33. The second-order valence-electron chi connectivity index (χ2n) is 8.41. The van der Waals surface area contributed by atoms with E-state index in [1.54, 1.807) is 27.7 Å². The number of fused-ring (bicyclic) bond motifs is 3. The molecule has 0 aliphatic carbocycles. The van der Waals surface area contributed by atoms with Crippen LogP contribution >= 0.6 is 0 Å². The molecule has 168 valence electrons. The maximum atomic E-state index is 13.1. The van der Waals surface area contributed by atoms with Gasteiger partial charge in [0.05, 0.1) is 18.3 Å². The van der Waals surface area contributed by atoms with Crippen LogP contribution in [0.2, 0.25) is 0 Å². The van der Waals surface area contributed by atoms with Crippen molar-refractivity contribution in [2.24, 2.45) is 23.5 Å². The average Bonchev–Trinajstić information content (AvgIpc) is 2.82. The second kappa shape index (κ2) is 9.56. The number of ether oxygens (including phenoxy) is 3. The summed E-state index contributed by atoms with van der Waals surface area (Å²) in [7, 11) is 2.60. The number of rotatable bonds is 7. The van der Waals surface area contributed by atoms with Gasteiger partial charge in [0.25, 0.3) is 0 Å². The van der Waals surface area contributed by atoms with Crippen LogP contribution in [0.4, 0.5) is 0 Å². The third-order valence-electron chi connectivity index (χ3n) is 5.27. The lowest BCUT2D eigenvalue weighted by Gasteiger charge is -2.47. The minimum Gasteiger partial charge on any atom is -0.493 e. The lowest BCUT2D eigenvalue weighted by atomic mass is 9.79. The van der Waals surface area contributed by atoms with Crippen LogP contribution in [0.15, 0.2) is 12.1 Å². The van der Waals surface area contributed by atoms with Crippen LogP contribution in [0, 0.1) is 17.7 Å². The van der Waals surface area contributed by atoms with E-state index in [2.05, 4.69) is 0 Å². The number of nitrogens with zero attached hydrogens (tertiary/aromatic N) is 1. The van der Waals surface area contributed by atoms with E-state index in [0.29, 0.717) is 0 Å². The highest BCUT2D eigenvalue weighted by molar-refractivity contribution is 5.76. The van der Waals surface area contributed by atoms with Gasteiger partial charge in [-0.2, -0.15) is 0 Å². The standard InChI is InChI=1S/C24H38N2O4/c1-14(2)9-17-13-26-8-7-16-10-21(28-5)22(29-6)11-18(16)19(26)12-20(17)30-24(27)23(25)15(3)4/h10-11,14-15,17,19-20,23H,7-9,12-13,25H2,1-6H3/t17?,19?,20?,23-/m0/s1/i10D,11D,12D2,13D2,17D,20D. The predicted molar refractivity (Wildman–Crippen MR) is 118 cm³/mol. The van der Waals surface area contributed by atoms with Crippen molar-refractivity contribution in [3.05, 3.63) is 23.2 Å². The van der Waals surface area contributed by atoms with Crippen molar-refractivity contribution < 1.29 is 30.0 Å². The Morgan fingerprint density at radius 2 is 1.97 bits per heavy atom.